The predicted octanol–water partition coefficient (Wildman–Crippen LogP) is 3.18. The van der Waals surface area contributed by atoms with Crippen molar-refractivity contribution >= 4 is 19.9 Å². The van der Waals surface area contributed by atoms with Gasteiger partial charge in [-0.05, 0) is 67.8 Å². The Morgan fingerprint density at radius 1 is 1.03 bits per heavy atom. The van der Waals surface area contributed by atoms with Crippen LogP contribution in [-0.2, 0) is 26.3 Å². The summed E-state index contributed by atoms with van der Waals surface area (Å²) in [5, 5.41) is 7.14. The molecule has 0 aliphatic heterocycles. The summed E-state index contributed by atoms with van der Waals surface area (Å²) >= 11 is 0. The van der Waals surface area contributed by atoms with Crippen LogP contribution in [0.25, 0.3) is 11.3 Å². The maximum absolute atomic E-state index is 13.1. The van der Waals surface area contributed by atoms with Crippen molar-refractivity contribution in [2.75, 3.05) is 19.8 Å². The third-order valence-electron chi connectivity index (χ3n) is 4.97. The van der Waals surface area contributed by atoms with Gasteiger partial charge in [0, 0.05) is 31.1 Å². The lowest BCUT2D eigenvalue weighted by Gasteiger charge is -2.19. The molecule has 0 aliphatic carbocycles. The molecule has 3 rings (SSSR count). The number of nitrogens with one attached hydrogen (secondary N) is 1. The van der Waals surface area contributed by atoms with Crippen LogP contribution in [0, 0.1) is 12.7 Å². The molecule has 2 aromatic carbocycles. The van der Waals surface area contributed by atoms with Crippen LogP contribution in [0.4, 0.5) is 4.39 Å². The zero-order valence-electron chi connectivity index (χ0n) is 17.5. The highest BCUT2D eigenvalue weighted by Crippen LogP contribution is 2.23. The van der Waals surface area contributed by atoms with E-state index in [0.29, 0.717) is 24.1 Å². The molecule has 0 unspecified atom stereocenters. The summed E-state index contributed by atoms with van der Waals surface area (Å²) in [7, 11) is -5.89. The Labute approximate surface area is 181 Å². The number of hydrogen-bond donors (Lipinski definition) is 1. The standard InChI is InChI=1S/C21H24FN3O4S2/c1-15-6-11-19(30(3,26)27)14-21(15)31(28,29)25(2)12-4-5-18-13-20(24-23-18)16-7-9-17(22)10-8-16/h6-11,13-14H,4-5,12H2,1-3H3,(H,23,24). The largest absolute Gasteiger partial charge is 0.282 e. The van der Waals surface area contributed by atoms with Crippen LogP contribution >= 0.6 is 0 Å². The lowest BCUT2D eigenvalue weighted by Crippen LogP contribution is -2.29. The van der Waals surface area contributed by atoms with Crippen LogP contribution in [0.1, 0.15) is 17.7 Å². The molecular formula is C21H24FN3O4S2. The van der Waals surface area contributed by atoms with Crippen LogP contribution < -0.4 is 0 Å². The summed E-state index contributed by atoms with van der Waals surface area (Å²) in [5.41, 5.74) is 2.78. The lowest BCUT2D eigenvalue weighted by molar-refractivity contribution is 0.460. The molecule has 1 heterocycles. The molecule has 0 aliphatic rings. The SMILES string of the molecule is Cc1ccc(S(C)(=O)=O)cc1S(=O)(=O)N(C)CCCc1cc(-c2ccc(F)cc2)n[nH]1. The zero-order chi connectivity index (χ0) is 22.8. The molecule has 0 spiro atoms. The molecule has 1 aromatic heterocycles. The third-order valence-corrected chi connectivity index (χ3v) is 8.08. The number of sulfonamides is 1. The highest BCUT2D eigenvalue weighted by atomic mass is 32.2. The molecule has 10 heteroatoms. The average Bonchev–Trinajstić information content (AvgIpc) is 3.16. The van der Waals surface area contributed by atoms with E-state index in [1.54, 1.807) is 19.1 Å². The van der Waals surface area contributed by atoms with Crippen molar-refractivity contribution in [1.82, 2.24) is 14.5 Å². The van der Waals surface area contributed by atoms with Gasteiger partial charge in [-0.3, -0.25) is 5.10 Å². The average molecular weight is 466 g/mol. The first-order valence-electron chi connectivity index (χ1n) is 9.56. The van der Waals surface area contributed by atoms with Crippen molar-refractivity contribution in [1.29, 1.82) is 0 Å². The Balaban J connectivity index is 1.67. The second kappa shape index (κ2) is 8.89. The molecule has 0 bridgehead atoms. The maximum atomic E-state index is 13.1. The predicted molar refractivity (Wildman–Crippen MR) is 116 cm³/mol. The van der Waals surface area contributed by atoms with Crippen LogP contribution in [0.3, 0.4) is 0 Å². The molecule has 0 atom stereocenters. The Kier molecular flexibility index (Phi) is 6.63. The number of aryl methyl sites for hydroxylation is 2. The molecule has 0 saturated heterocycles. The number of H-pyrrole nitrogens is 1. The van der Waals surface area contributed by atoms with Crippen molar-refractivity contribution in [3.05, 3.63) is 65.6 Å². The first-order chi connectivity index (χ1) is 14.5. The smallest absolute Gasteiger partial charge is 0.243 e. The van der Waals surface area contributed by atoms with E-state index in [2.05, 4.69) is 10.2 Å². The van der Waals surface area contributed by atoms with Crippen molar-refractivity contribution < 1.29 is 21.2 Å². The van der Waals surface area contributed by atoms with Gasteiger partial charge in [0.2, 0.25) is 10.0 Å². The van der Waals surface area contributed by atoms with Gasteiger partial charge < -0.3 is 0 Å². The minimum Gasteiger partial charge on any atom is -0.282 e. The van der Waals surface area contributed by atoms with Crippen molar-refractivity contribution in [3.8, 4) is 11.3 Å². The number of halogens is 1. The molecule has 0 amide bonds. The van der Waals surface area contributed by atoms with Gasteiger partial charge in [-0.1, -0.05) is 6.07 Å². The number of rotatable bonds is 8. The minimum absolute atomic E-state index is 0.0157. The molecule has 0 saturated carbocycles. The highest BCUT2D eigenvalue weighted by Gasteiger charge is 2.24. The Hall–Kier alpha value is -2.56. The number of sulfone groups is 1. The monoisotopic (exact) mass is 465 g/mol. The number of benzene rings is 2. The first kappa shape index (κ1) is 23.1. The van der Waals surface area contributed by atoms with Crippen LogP contribution in [0.15, 0.2) is 58.3 Å². The fraction of sp³-hybridized carbons (Fsp3) is 0.286. The van der Waals surface area contributed by atoms with E-state index in [0.717, 1.165) is 17.5 Å². The van der Waals surface area contributed by atoms with Gasteiger partial charge in [-0.25, -0.2) is 25.5 Å². The number of aromatic amines is 1. The van der Waals surface area contributed by atoms with Gasteiger partial charge in [0.1, 0.15) is 5.82 Å². The second-order valence-corrected chi connectivity index (χ2v) is 11.4. The number of aromatic nitrogens is 2. The Morgan fingerprint density at radius 2 is 1.71 bits per heavy atom. The Morgan fingerprint density at radius 3 is 2.35 bits per heavy atom. The fourth-order valence-electron chi connectivity index (χ4n) is 3.13. The normalized spacial score (nSPS) is 12.4. The molecule has 0 radical (unpaired) electrons. The molecule has 1 N–H and O–H groups in total. The molecule has 3 aromatic rings. The summed E-state index contributed by atoms with van der Waals surface area (Å²) in [6.45, 7) is 1.88. The summed E-state index contributed by atoms with van der Waals surface area (Å²) in [5.74, 6) is -0.318. The highest BCUT2D eigenvalue weighted by molar-refractivity contribution is 7.91. The van der Waals surface area contributed by atoms with E-state index in [1.165, 1.54) is 41.7 Å². The fourth-order valence-corrected chi connectivity index (χ4v) is 5.31. The summed E-state index contributed by atoms with van der Waals surface area (Å²) in [4.78, 5) is -0.0473. The molecule has 0 fully saturated rings. The second-order valence-electron chi connectivity index (χ2n) is 7.41. The quantitative estimate of drug-likeness (QED) is 0.551. The van der Waals surface area contributed by atoms with Gasteiger partial charge >= 0.3 is 0 Å². The molecule has 7 nitrogen and oxygen atoms in total. The van der Waals surface area contributed by atoms with Crippen molar-refractivity contribution in [2.45, 2.75) is 29.6 Å². The summed E-state index contributed by atoms with van der Waals surface area (Å²) in [6.07, 6.45) is 2.14. The molecular weight excluding hydrogens is 441 g/mol. The topological polar surface area (TPSA) is 100 Å². The maximum Gasteiger partial charge on any atom is 0.243 e. The summed E-state index contributed by atoms with van der Waals surface area (Å²) < 4.78 is 63.8. The van der Waals surface area contributed by atoms with E-state index in [4.69, 9.17) is 0 Å². The van der Waals surface area contributed by atoms with Crippen LogP contribution in [0.5, 0.6) is 0 Å². The molecule has 166 valence electrons. The van der Waals surface area contributed by atoms with E-state index < -0.39 is 19.9 Å². The minimum atomic E-state index is -3.84. The van der Waals surface area contributed by atoms with Gasteiger partial charge in [-0.15, -0.1) is 0 Å². The summed E-state index contributed by atoms with van der Waals surface area (Å²) in [6, 6.07) is 12.0. The van der Waals surface area contributed by atoms with Crippen LogP contribution in [0.2, 0.25) is 0 Å². The van der Waals surface area contributed by atoms with Crippen molar-refractivity contribution in [3.63, 3.8) is 0 Å². The van der Waals surface area contributed by atoms with Gasteiger partial charge in [-0.2, -0.15) is 5.10 Å². The van der Waals surface area contributed by atoms with Crippen LogP contribution in [-0.4, -0.2) is 51.2 Å². The van der Waals surface area contributed by atoms with Gasteiger partial charge in [0.25, 0.3) is 0 Å². The zero-order valence-corrected chi connectivity index (χ0v) is 19.1. The van der Waals surface area contributed by atoms with Crippen molar-refractivity contribution in [2.24, 2.45) is 0 Å². The van der Waals surface area contributed by atoms with Gasteiger partial charge in [0.05, 0.1) is 15.5 Å². The van der Waals surface area contributed by atoms with E-state index in [-0.39, 0.29) is 22.2 Å². The Bertz CT molecular complexity index is 1280. The first-order valence-corrected chi connectivity index (χ1v) is 12.9. The third kappa shape index (κ3) is 5.38. The lowest BCUT2D eigenvalue weighted by atomic mass is 10.1. The van der Waals surface area contributed by atoms with E-state index >= 15 is 0 Å². The van der Waals surface area contributed by atoms with E-state index in [9.17, 15) is 21.2 Å². The van der Waals surface area contributed by atoms with Gasteiger partial charge in [0.15, 0.2) is 9.84 Å². The number of hydrogen-bond acceptors (Lipinski definition) is 5. The molecule has 31 heavy (non-hydrogen) atoms. The van der Waals surface area contributed by atoms with E-state index in [1.807, 2.05) is 6.07 Å². The number of nitrogens with zero attached hydrogens (tertiary/aromatic N) is 2.